The van der Waals surface area contributed by atoms with E-state index >= 15 is 0 Å². The van der Waals surface area contributed by atoms with Crippen LogP contribution in [0.25, 0.3) is 0 Å². The lowest BCUT2D eigenvalue weighted by molar-refractivity contribution is 0.447. The minimum Gasteiger partial charge on any atom is -0.494 e. The number of aromatic amines is 2. The number of thiocarbonyl (C=S) groups is 1. The summed E-state index contributed by atoms with van der Waals surface area (Å²) in [7, 11) is 0. The van der Waals surface area contributed by atoms with Crippen molar-refractivity contribution in [1.82, 2.24) is 15.4 Å². The molecule has 9 nitrogen and oxygen atoms in total. The highest BCUT2D eigenvalue weighted by atomic mass is 32.1. The molecule has 0 saturated carbocycles. The second-order valence-electron chi connectivity index (χ2n) is 4.18. The molecular formula is C13H10N6O3S. The van der Waals surface area contributed by atoms with Crippen LogP contribution in [0.1, 0.15) is 11.1 Å². The highest BCUT2D eigenvalue weighted by Gasteiger charge is 2.05. The molecule has 1 aromatic carbocycles. The average molecular weight is 330 g/mol. The molecule has 0 atom stereocenters. The van der Waals surface area contributed by atoms with E-state index in [9.17, 15) is 14.7 Å². The van der Waals surface area contributed by atoms with Crippen molar-refractivity contribution in [3.05, 3.63) is 56.2 Å². The van der Waals surface area contributed by atoms with Crippen LogP contribution in [0.15, 0.2) is 39.0 Å². The Morgan fingerprint density at radius 3 is 2.61 bits per heavy atom. The van der Waals surface area contributed by atoms with Crippen molar-refractivity contribution in [2.75, 3.05) is 5.32 Å². The third kappa shape index (κ3) is 4.26. The van der Waals surface area contributed by atoms with Crippen molar-refractivity contribution < 1.29 is 5.11 Å². The number of nitriles is 1. The first-order valence-electron chi connectivity index (χ1n) is 6.15. The zero-order valence-corrected chi connectivity index (χ0v) is 12.3. The molecule has 0 amide bonds. The maximum absolute atomic E-state index is 11.5. The number of hydrazone groups is 1. The number of aromatic hydroxyl groups is 1. The Morgan fingerprint density at radius 1 is 1.30 bits per heavy atom. The highest BCUT2D eigenvalue weighted by Crippen LogP contribution is 2.08. The van der Waals surface area contributed by atoms with Crippen molar-refractivity contribution in [2.45, 2.75) is 0 Å². The molecule has 0 aliphatic heterocycles. The van der Waals surface area contributed by atoms with Crippen molar-refractivity contribution in [2.24, 2.45) is 5.10 Å². The van der Waals surface area contributed by atoms with Crippen molar-refractivity contribution in [3.63, 3.8) is 0 Å². The number of benzene rings is 1. The van der Waals surface area contributed by atoms with Gasteiger partial charge in [-0.05, 0) is 36.5 Å². The van der Waals surface area contributed by atoms with Crippen molar-refractivity contribution >= 4 is 29.2 Å². The van der Waals surface area contributed by atoms with Crippen LogP contribution in [0.3, 0.4) is 0 Å². The van der Waals surface area contributed by atoms with E-state index in [1.807, 2.05) is 16.0 Å². The number of rotatable bonds is 3. The van der Waals surface area contributed by atoms with Gasteiger partial charge in [-0.15, -0.1) is 0 Å². The molecule has 23 heavy (non-hydrogen) atoms. The van der Waals surface area contributed by atoms with Crippen LogP contribution in [0.2, 0.25) is 0 Å². The van der Waals surface area contributed by atoms with Crippen LogP contribution in [0.5, 0.6) is 5.88 Å². The first kappa shape index (κ1) is 15.9. The summed E-state index contributed by atoms with van der Waals surface area (Å²) in [6, 6.07) is 8.55. The highest BCUT2D eigenvalue weighted by molar-refractivity contribution is 7.80. The van der Waals surface area contributed by atoms with E-state index in [2.05, 4.69) is 15.8 Å². The molecule has 0 unspecified atom stereocenters. The molecule has 5 N–H and O–H groups in total. The van der Waals surface area contributed by atoms with Gasteiger partial charge in [-0.2, -0.15) is 10.4 Å². The Labute approximate surface area is 134 Å². The van der Waals surface area contributed by atoms with E-state index < -0.39 is 17.1 Å². The fourth-order valence-electron chi connectivity index (χ4n) is 1.55. The summed E-state index contributed by atoms with van der Waals surface area (Å²) in [5.41, 5.74) is 1.76. The molecule has 0 aliphatic carbocycles. The van der Waals surface area contributed by atoms with Crippen LogP contribution in [0, 0.1) is 11.3 Å². The number of anilines is 1. The number of nitrogens with one attached hydrogen (secondary N) is 4. The molecular weight excluding hydrogens is 320 g/mol. The first-order valence-corrected chi connectivity index (χ1v) is 6.56. The van der Waals surface area contributed by atoms with Gasteiger partial charge in [0, 0.05) is 5.69 Å². The fourth-order valence-corrected chi connectivity index (χ4v) is 1.72. The van der Waals surface area contributed by atoms with Gasteiger partial charge in [-0.3, -0.25) is 20.2 Å². The summed E-state index contributed by atoms with van der Waals surface area (Å²) in [5, 5.41) is 24.8. The summed E-state index contributed by atoms with van der Waals surface area (Å²) in [6.45, 7) is 0. The van der Waals surface area contributed by atoms with Crippen molar-refractivity contribution in [3.8, 4) is 11.9 Å². The number of H-pyrrole nitrogens is 2. The normalized spacial score (nSPS) is 10.2. The van der Waals surface area contributed by atoms with Gasteiger partial charge in [0.1, 0.15) is 5.56 Å². The topological polar surface area (TPSA) is 146 Å². The number of aromatic nitrogens is 2. The van der Waals surface area contributed by atoms with E-state index in [-0.39, 0.29) is 10.7 Å². The summed E-state index contributed by atoms with van der Waals surface area (Å²) in [6.07, 6.45) is 1.01. The lowest BCUT2D eigenvalue weighted by Gasteiger charge is -2.06. The fraction of sp³-hybridized carbons (Fsp3) is 0. The molecule has 0 aliphatic rings. The monoisotopic (exact) mass is 330 g/mol. The van der Waals surface area contributed by atoms with Gasteiger partial charge >= 0.3 is 5.69 Å². The summed E-state index contributed by atoms with van der Waals surface area (Å²) >= 11 is 4.99. The molecule has 0 fully saturated rings. The van der Waals surface area contributed by atoms with Gasteiger partial charge in [-0.25, -0.2) is 4.79 Å². The third-order valence-corrected chi connectivity index (χ3v) is 2.78. The number of hydrogen-bond acceptors (Lipinski definition) is 6. The van der Waals surface area contributed by atoms with Gasteiger partial charge in [0.05, 0.1) is 17.8 Å². The van der Waals surface area contributed by atoms with Gasteiger partial charge in [0.2, 0.25) is 5.88 Å². The second kappa shape index (κ2) is 7.01. The van der Waals surface area contributed by atoms with E-state index in [1.165, 1.54) is 0 Å². The zero-order chi connectivity index (χ0) is 16.8. The quantitative estimate of drug-likeness (QED) is 0.301. The lowest BCUT2D eigenvalue weighted by atomic mass is 10.2. The molecule has 0 spiro atoms. The largest absolute Gasteiger partial charge is 0.494 e. The van der Waals surface area contributed by atoms with Crippen LogP contribution in [-0.2, 0) is 0 Å². The Morgan fingerprint density at radius 2 is 2.00 bits per heavy atom. The van der Waals surface area contributed by atoms with E-state index in [4.69, 9.17) is 17.5 Å². The van der Waals surface area contributed by atoms with Gasteiger partial charge < -0.3 is 10.4 Å². The predicted octanol–water partition coefficient (Wildman–Crippen LogP) is -0.0390. The first-order chi connectivity index (χ1) is 11.0. The Balaban J connectivity index is 2.00. The maximum atomic E-state index is 11.5. The Bertz CT molecular complexity index is 907. The van der Waals surface area contributed by atoms with Crippen LogP contribution in [-0.4, -0.2) is 26.4 Å². The Kier molecular flexibility index (Phi) is 4.85. The standard InChI is InChI=1S/C13H10N6O3S/c14-5-7-1-3-8(4-2-7)16-13(23)19-15-6-9-10(20)17-12(22)18-11(9)21/h1-4,6H,(H2,16,19,23)(H3,17,18,20,21,22)/b15-6+. The molecule has 2 aromatic rings. The van der Waals surface area contributed by atoms with Gasteiger partial charge in [0.25, 0.3) is 5.56 Å². The van der Waals surface area contributed by atoms with E-state index in [1.54, 1.807) is 24.3 Å². The molecule has 1 aromatic heterocycles. The SMILES string of the molecule is N#Cc1ccc(NC(=S)N/N=C/c2c(O)[nH]c(=O)[nH]c2=O)cc1. The van der Waals surface area contributed by atoms with Crippen LogP contribution >= 0.6 is 12.2 Å². The molecule has 116 valence electrons. The average Bonchev–Trinajstić information content (AvgIpc) is 2.50. The molecule has 10 heteroatoms. The molecule has 0 radical (unpaired) electrons. The molecule has 0 saturated heterocycles. The van der Waals surface area contributed by atoms with Gasteiger partial charge in [0.15, 0.2) is 5.11 Å². The Hall–Kier alpha value is -3.45. The van der Waals surface area contributed by atoms with Gasteiger partial charge in [-0.1, -0.05) is 0 Å². The smallest absolute Gasteiger partial charge is 0.328 e. The molecule has 1 heterocycles. The molecule has 2 rings (SSSR count). The van der Waals surface area contributed by atoms with E-state index in [0.717, 1.165) is 6.21 Å². The number of nitrogens with zero attached hydrogens (tertiary/aromatic N) is 2. The third-order valence-electron chi connectivity index (χ3n) is 2.59. The second-order valence-corrected chi connectivity index (χ2v) is 4.59. The van der Waals surface area contributed by atoms with Crippen LogP contribution in [0.4, 0.5) is 5.69 Å². The zero-order valence-electron chi connectivity index (χ0n) is 11.5. The van der Waals surface area contributed by atoms with Crippen molar-refractivity contribution in [1.29, 1.82) is 5.26 Å². The minimum atomic E-state index is -0.824. The summed E-state index contributed by atoms with van der Waals surface area (Å²) in [5.74, 6) is -0.602. The summed E-state index contributed by atoms with van der Waals surface area (Å²) < 4.78 is 0. The molecule has 0 bridgehead atoms. The van der Waals surface area contributed by atoms with Crippen LogP contribution < -0.4 is 22.0 Å². The van der Waals surface area contributed by atoms with E-state index in [0.29, 0.717) is 11.3 Å². The maximum Gasteiger partial charge on any atom is 0.328 e. The predicted molar refractivity (Wildman–Crippen MR) is 87.5 cm³/mol. The summed E-state index contributed by atoms with van der Waals surface area (Å²) in [4.78, 5) is 26.3. The minimum absolute atomic E-state index is 0.131. The lowest BCUT2D eigenvalue weighted by Crippen LogP contribution is -2.27. The number of hydrogen-bond donors (Lipinski definition) is 5.